The first-order chi connectivity index (χ1) is 10.4. The summed E-state index contributed by atoms with van der Waals surface area (Å²) in [5.74, 6) is 0. The summed E-state index contributed by atoms with van der Waals surface area (Å²) in [5.41, 5.74) is 3.44. The zero-order chi connectivity index (χ0) is 14.5. The number of ether oxygens (including phenoxy) is 1. The predicted molar refractivity (Wildman–Crippen MR) is 85.2 cm³/mol. The number of para-hydroxylation sites is 1. The fraction of sp³-hybridized carbons (Fsp3) is 0.278. The average molecular weight is 280 g/mol. The number of nitrogens with zero attached hydrogens (tertiary/aromatic N) is 2. The molecule has 0 atom stereocenters. The van der Waals surface area contributed by atoms with Gasteiger partial charge in [-0.3, -0.25) is 4.68 Å². The molecular formula is C18H20N2O. The lowest BCUT2D eigenvalue weighted by molar-refractivity contribution is 0.119. The summed E-state index contributed by atoms with van der Waals surface area (Å²) in [7, 11) is 0. The van der Waals surface area contributed by atoms with Gasteiger partial charge in [0.05, 0.1) is 24.4 Å². The molecule has 3 rings (SSSR count). The first kappa shape index (κ1) is 13.8. The second kappa shape index (κ2) is 6.55. The maximum atomic E-state index is 5.66. The third-order valence-corrected chi connectivity index (χ3v) is 3.50. The quantitative estimate of drug-likeness (QED) is 0.638. The summed E-state index contributed by atoms with van der Waals surface area (Å²) in [4.78, 5) is 0. The number of rotatable bonds is 6. The molecule has 0 bridgehead atoms. The smallest absolute Gasteiger partial charge is 0.0960 e. The normalized spacial score (nSPS) is 11.1. The largest absolute Gasteiger partial charge is 0.375 e. The van der Waals surface area contributed by atoms with Crippen molar-refractivity contribution in [2.75, 3.05) is 6.61 Å². The standard InChI is InChI=1S/C18H20N2O/c1-2-12-21-14-17-16-10-6-7-11-18(16)20(19-17)13-15-8-4-3-5-9-15/h3-11H,2,12-14H2,1H3. The lowest BCUT2D eigenvalue weighted by Crippen LogP contribution is -2.02. The van der Waals surface area contributed by atoms with Crippen LogP contribution in [0.15, 0.2) is 54.6 Å². The molecule has 0 saturated carbocycles. The van der Waals surface area contributed by atoms with E-state index >= 15 is 0 Å². The summed E-state index contributed by atoms with van der Waals surface area (Å²) in [5, 5.41) is 5.93. The van der Waals surface area contributed by atoms with Crippen molar-refractivity contribution in [3.63, 3.8) is 0 Å². The Morgan fingerprint density at radius 2 is 1.76 bits per heavy atom. The van der Waals surface area contributed by atoms with Gasteiger partial charge in [0.15, 0.2) is 0 Å². The van der Waals surface area contributed by atoms with Crippen molar-refractivity contribution in [2.24, 2.45) is 0 Å². The number of hydrogen-bond donors (Lipinski definition) is 0. The third-order valence-electron chi connectivity index (χ3n) is 3.50. The second-order valence-electron chi connectivity index (χ2n) is 5.16. The highest BCUT2D eigenvalue weighted by atomic mass is 16.5. The Morgan fingerprint density at radius 1 is 1.00 bits per heavy atom. The third kappa shape index (κ3) is 3.14. The van der Waals surface area contributed by atoms with Crippen LogP contribution < -0.4 is 0 Å². The monoisotopic (exact) mass is 280 g/mol. The second-order valence-corrected chi connectivity index (χ2v) is 5.16. The lowest BCUT2D eigenvalue weighted by Gasteiger charge is -2.03. The molecule has 0 fully saturated rings. The molecule has 0 saturated heterocycles. The summed E-state index contributed by atoms with van der Waals surface area (Å²) in [6.07, 6.45) is 1.03. The topological polar surface area (TPSA) is 27.1 Å². The van der Waals surface area contributed by atoms with Crippen LogP contribution in [-0.4, -0.2) is 16.4 Å². The fourth-order valence-electron chi connectivity index (χ4n) is 2.49. The van der Waals surface area contributed by atoms with Gasteiger partial charge in [-0.1, -0.05) is 55.5 Å². The van der Waals surface area contributed by atoms with Crippen molar-refractivity contribution in [1.29, 1.82) is 0 Å². The van der Waals surface area contributed by atoms with Gasteiger partial charge >= 0.3 is 0 Å². The lowest BCUT2D eigenvalue weighted by atomic mass is 10.2. The maximum Gasteiger partial charge on any atom is 0.0960 e. The number of aromatic nitrogens is 2. The number of fused-ring (bicyclic) bond motifs is 1. The van der Waals surface area contributed by atoms with Gasteiger partial charge in [-0.15, -0.1) is 0 Å². The zero-order valence-corrected chi connectivity index (χ0v) is 12.3. The number of hydrogen-bond acceptors (Lipinski definition) is 2. The summed E-state index contributed by atoms with van der Waals surface area (Å²) >= 11 is 0. The van der Waals surface area contributed by atoms with Crippen LogP contribution in [-0.2, 0) is 17.9 Å². The van der Waals surface area contributed by atoms with Crippen molar-refractivity contribution in [1.82, 2.24) is 9.78 Å². The van der Waals surface area contributed by atoms with E-state index in [9.17, 15) is 0 Å². The minimum Gasteiger partial charge on any atom is -0.375 e. The van der Waals surface area contributed by atoms with E-state index in [1.807, 2.05) is 6.07 Å². The molecule has 21 heavy (non-hydrogen) atoms. The average Bonchev–Trinajstić information content (AvgIpc) is 2.87. The van der Waals surface area contributed by atoms with Crippen LogP contribution in [0.25, 0.3) is 10.9 Å². The van der Waals surface area contributed by atoms with Crippen molar-refractivity contribution in [2.45, 2.75) is 26.5 Å². The Kier molecular flexibility index (Phi) is 4.31. The van der Waals surface area contributed by atoms with Crippen molar-refractivity contribution >= 4 is 10.9 Å². The van der Waals surface area contributed by atoms with E-state index in [0.29, 0.717) is 6.61 Å². The van der Waals surface area contributed by atoms with Crippen LogP contribution in [0.5, 0.6) is 0 Å². The molecule has 0 unspecified atom stereocenters. The van der Waals surface area contributed by atoms with Gasteiger partial charge in [-0.2, -0.15) is 5.10 Å². The Bertz CT molecular complexity index is 704. The highest BCUT2D eigenvalue weighted by molar-refractivity contribution is 5.81. The zero-order valence-electron chi connectivity index (χ0n) is 12.3. The molecule has 0 spiro atoms. The molecule has 3 nitrogen and oxygen atoms in total. The molecule has 3 heteroatoms. The van der Waals surface area contributed by atoms with Gasteiger partial charge in [-0.25, -0.2) is 0 Å². The van der Waals surface area contributed by atoms with Crippen LogP contribution in [0.1, 0.15) is 24.6 Å². The van der Waals surface area contributed by atoms with Crippen LogP contribution in [0.3, 0.4) is 0 Å². The van der Waals surface area contributed by atoms with E-state index in [0.717, 1.165) is 30.8 Å². The maximum absolute atomic E-state index is 5.66. The van der Waals surface area contributed by atoms with E-state index in [1.165, 1.54) is 10.9 Å². The summed E-state index contributed by atoms with van der Waals surface area (Å²) in [6.45, 7) is 4.26. The predicted octanol–water partition coefficient (Wildman–Crippen LogP) is 4.01. The number of benzene rings is 2. The van der Waals surface area contributed by atoms with Gasteiger partial charge in [0.1, 0.15) is 0 Å². The van der Waals surface area contributed by atoms with Gasteiger partial charge in [0.2, 0.25) is 0 Å². The Morgan fingerprint density at radius 3 is 2.57 bits per heavy atom. The van der Waals surface area contributed by atoms with E-state index in [1.54, 1.807) is 0 Å². The molecule has 2 aromatic carbocycles. The molecule has 108 valence electrons. The minimum atomic E-state index is 0.580. The molecule has 0 N–H and O–H groups in total. The molecule has 1 heterocycles. The Hall–Kier alpha value is -2.13. The molecule has 1 aromatic heterocycles. The fourth-order valence-corrected chi connectivity index (χ4v) is 2.49. The SMILES string of the molecule is CCCOCc1nn(Cc2ccccc2)c2ccccc12. The van der Waals surface area contributed by atoms with Crippen molar-refractivity contribution in [3.8, 4) is 0 Å². The van der Waals surface area contributed by atoms with E-state index in [4.69, 9.17) is 9.84 Å². The van der Waals surface area contributed by atoms with Gasteiger partial charge in [0, 0.05) is 12.0 Å². The van der Waals surface area contributed by atoms with Gasteiger partial charge in [-0.05, 0) is 18.1 Å². The summed E-state index contributed by atoms with van der Waals surface area (Å²) in [6, 6.07) is 18.8. The summed E-state index contributed by atoms with van der Waals surface area (Å²) < 4.78 is 7.73. The molecule has 3 aromatic rings. The van der Waals surface area contributed by atoms with Crippen LogP contribution >= 0.6 is 0 Å². The van der Waals surface area contributed by atoms with E-state index in [-0.39, 0.29) is 0 Å². The van der Waals surface area contributed by atoms with Gasteiger partial charge < -0.3 is 4.74 Å². The highest BCUT2D eigenvalue weighted by Gasteiger charge is 2.10. The Balaban J connectivity index is 1.91. The Labute approximate surface area is 125 Å². The molecule has 0 aliphatic heterocycles. The molecule has 0 amide bonds. The van der Waals surface area contributed by atoms with Gasteiger partial charge in [0.25, 0.3) is 0 Å². The first-order valence-corrected chi connectivity index (χ1v) is 7.44. The van der Waals surface area contributed by atoms with E-state index < -0.39 is 0 Å². The van der Waals surface area contributed by atoms with Crippen molar-refractivity contribution in [3.05, 3.63) is 65.9 Å². The van der Waals surface area contributed by atoms with E-state index in [2.05, 4.69) is 60.1 Å². The molecule has 0 radical (unpaired) electrons. The van der Waals surface area contributed by atoms with Crippen molar-refractivity contribution < 1.29 is 4.74 Å². The van der Waals surface area contributed by atoms with Crippen LogP contribution in [0.2, 0.25) is 0 Å². The minimum absolute atomic E-state index is 0.580. The van der Waals surface area contributed by atoms with Crippen LogP contribution in [0, 0.1) is 0 Å². The molecular weight excluding hydrogens is 260 g/mol. The molecule has 0 aliphatic carbocycles. The van der Waals surface area contributed by atoms with Crippen LogP contribution in [0.4, 0.5) is 0 Å². The highest BCUT2D eigenvalue weighted by Crippen LogP contribution is 2.20. The molecule has 0 aliphatic rings. The first-order valence-electron chi connectivity index (χ1n) is 7.44.